The van der Waals surface area contributed by atoms with E-state index in [0.717, 1.165) is 40.3 Å². The Hall–Kier alpha value is -0.740. The predicted molar refractivity (Wildman–Crippen MR) is 88.0 cm³/mol. The van der Waals surface area contributed by atoms with Crippen molar-refractivity contribution in [3.8, 4) is 11.5 Å². The number of halogens is 1. The molecule has 1 aromatic carbocycles. The molecule has 4 heteroatoms. The molecule has 0 heterocycles. The van der Waals surface area contributed by atoms with Crippen molar-refractivity contribution in [2.75, 3.05) is 20.8 Å². The van der Waals surface area contributed by atoms with Gasteiger partial charge in [-0.25, -0.2) is 0 Å². The van der Waals surface area contributed by atoms with Crippen molar-refractivity contribution in [1.29, 1.82) is 0 Å². The number of hydrogen-bond acceptors (Lipinski definition) is 3. The summed E-state index contributed by atoms with van der Waals surface area (Å²) in [5.41, 5.74) is 1.30. The number of ether oxygens (including phenoxy) is 2. The third-order valence-electron chi connectivity index (χ3n) is 5.12. The van der Waals surface area contributed by atoms with Crippen LogP contribution in [0.15, 0.2) is 16.6 Å². The van der Waals surface area contributed by atoms with Gasteiger partial charge in [0.1, 0.15) is 0 Å². The van der Waals surface area contributed by atoms with E-state index in [1.54, 1.807) is 14.2 Å². The van der Waals surface area contributed by atoms with Gasteiger partial charge in [-0.15, -0.1) is 0 Å². The summed E-state index contributed by atoms with van der Waals surface area (Å²) >= 11 is 3.72. The zero-order valence-electron chi connectivity index (χ0n) is 13.0. The Morgan fingerprint density at radius 2 is 1.81 bits per heavy atom. The van der Waals surface area contributed by atoms with E-state index in [-0.39, 0.29) is 0 Å². The molecule has 3 atom stereocenters. The van der Waals surface area contributed by atoms with Gasteiger partial charge in [0, 0.05) is 10.5 Å². The van der Waals surface area contributed by atoms with Gasteiger partial charge in [-0.2, -0.15) is 0 Å². The van der Waals surface area contributed by atoms with Gasteiger partial charge in [-0.3, -0.25) is 0 Å². The molecule has 1 N–H and O–H groups in total. The molecule has 116 valence electrons. The quantitative estimate of drug-likeness (QED) is 0.832. The topological polar surface area (TPSA) is 30.5 Å². The third kappa shape index (κ3) is 2.68. The molecule has 2 aliphatic carbocycles. The molecule has 0 saturated heterocycles. The van der Waals surface area contributed by atoms with Gasteiger partial charge in [0.15, 0.2) is 11.5 Å². The van der Waals surface area contributed by atoms with Gasteiger partial charge < -0.3 is 14.8 Å². The first-order chi connectivity index (χ1) is 10.2. The lowest BCUT2D eigenvalue weighted by Crippen LogP contribution is -2.25. The van der Waals surface area contributed by atoms with E-state index in [0.29, 0.717) is 6.04 Å². The maximum Gasteiger partial charge on any atom is 0.161 e. The Bertz CT molecular complexity index is 510. The number of rotatable bonds is 6. The normalized spacial score (nSPS) is 28.1. The van der Waals surface area contributed by atoms with Crippen LogP contribution in [0.3, 0.4) is 0 Å². The molecule has 2 aliphatic rings. The van der Waals surface area contributed by atoms with E-state index in [2.05, 4.69) is 34.2 Å². The van der Waals surface area contributed by atoms with Crippen LogP contribution in [0.1, 0.15) is 37.8 Å². The first-order valence-electron chi connectivity index (χ1n) is 7.86. The van der Waals surface area contributed by atoms with Gasteiger partial charge in [0.05, 0.1) is 14.2 Å². The van der Waals surface area contributed by atoms with Gasteiger partial charge in [-0.05, 0) is 54.8 Å². The summed E-state index contributed by atoms with van der Waals surface area (Å²) in [5, 5.41) is 3.69. The van der Waals surface area contributed by atoms with Crippen molar-refractivity contribution in [3.05, 3.63) is 22.2 Å². The van der Waals surface area contributed by atoms with Crippen LogP contribution in [0.25, 0.3) is 0 Å². The number of hydrogen-bond donors (Lipinski definition) is 1. The average molecular weight is 354 g/mol. The maximum absolute atomic E-state index is 5.48. The van der Waals surface area contributed by atoms with Crippen molar-refractivity contribution >= 4 is 15.9 Å². The Morgan fingerprint density at radius 3 is 2.38 bits per heavy atom. The highest BCUT2D eigenvalue weighted by Gasteiger charge is 2.56. The van der Waals surface area contributed by atoms with E-state index >= 15 is 0 Å². The maximum atomic E-state index is 5.48. The molecule has 3 nitrogen and oxygen atoms in total. The predicted octanol–water partition coefficient (Wildman–Crippen LogP) is 4.16. The minimum atomic E-state index is 0.416. The summed E-state index contributed by atoms with van der Waals surface area (Å²) in [6.45, 7) is 3.17. The molecule has 0 radical (unpaired) electrons. The molecule has 0 aliphatic heterocycles. The first kappa shape index (κ1) is 15.2. The summed E-state index contributed by atoms with van der Waals surface area (Å²) in [6.07, 6.45) is 4.22. The molecular weight excluding hydrogens is 330 g/mol. The lowest BCUT2D eigenvalue weighted by molar-refractivity contribution is 0.352. The zero-order chi connectivity index (χ0) is 15.0. The molecule has 3 rings (SSSR count). The van der Waals surface area contributed by atoms with Crippen molar-refractivity contribution < 1.29 is 9.47 Å². The van der Waals surface area contributed by atoms with Crippen LogP contribution < -0.4 is 14.8 Å². The highest BCUT2D eigenvalue weighted by atomic mass is 79.9. The minimum Gasteiger partial charge on any atom is -0.493 e. The standard InChI is InChI=1S/C17H24BrNO2/c1-4-19-17(16-10-6-5-7-11(10)16)12-8-14(20-2)15(21-3)9-13(12)18/h8-11,16-17,19H,4-7H2,1-3H3. The first-order valence-corrected chi connectivity index (χ1v) is 8.65. The summed E-state index contributed by atoms with van der Waals surface area (Å²) in [6, 6.07) is 4.57. The van der Waals surface area contributed by atoms with E-state index in [4.69, 9.17) is 9.47 Å². The summed E-state index contributed by atoms with van der Waals surface area (Å²) in [4.78, 5) is 0. The molecule has 0 bridgehead atoms. The van der Waals surface area contributed by atoms with Gasteiger partial charge in [0.2, 0.25) is 0 Å². The van der Waals surface area contributed by atoms with E-state index in [9.17, 15) is 0 Å². The largest absolute Gasteiger partial charge is 0.493 e. The highest BCUT2D eigenvalue weighted by molar-refractivity contribution is 9.10. The molecule has 2 fully saturated rings. The SMILES string of the molecule is CCNC(c1cc(OC)c(OC)cc1Br)C1C2CCCC21. The smallest absolute Gasteiger partial charge is 0.161 e. The molecule has 0 spiro atoms. The fourth-order valence-electron chi connectivity index (χ4n) is 4.15. The van der Waals surface area contributed by atoms with Crippen molar-refractivity contribution in [2.24, 2.45) is 17.8 Å². The van der Waals surface area contributed by atoms with Crippen molar-refractivity contribution in [2.45, 2.75) is 32.2 Å². The lowest BCUT2D eigenvalue weighted by Gasteiger charge is -2.23. The van der Waals surface area contributed by atoms with Crippen molar-refractivity contribution in [3.63, 3.8) is 0 Å². The minimum absolute atomic E-state index is 0.416. The van der Waals surface area contributed by atoms with Gasteiger partial charge in [0.25, 0.3) is 0 Å². The summed E-state index contributed by atoms with van der Waals surface area (Å²) in [7, 11) is 3.38. The number of methoxy groups -OCH3 is 2. The fraction of sp³-hybridized carbons (Fsp3) is 0.647. The Balaban J connectivity index is 1.92. The van der Waals surface area contributed by atoms with E-state index in [1.807, 2.05) is 6.07 Å². The molecule has 0 aromatic heterocycles. The van der Waals surface area contributed by atoms with Crippen molar-refractivity contribution in [1.82, 2.24) is 5.32 Å². The molecule has 21 heavy (non-hydrogen) atoms. The zero-order valence-corrected chi connectivity index (χ0v) is 14.6. The van der Waals surface area contributed by atoms with Gasteiger partial charge in [-0.1, -0.05) is 29.3 Å². The molecule has 3 unspecified atom stereocenters. The number of fused-ring (bicyclic) bond motifs is 1. The summed E-state index contributed by atoms with van der Waals surface area (Å²) < 4.78 is 12.0. The van der Waals surface area contributed by atoms with Crippen LogP contribution in [0.2, 0.25) is 0 Å². The lowest BCUT2D eigenvalue weighted by atomic mass is 9.96. The van der Waals surface area contributed by atoms with Crippen LogP contribution in [-0.4, -0.2) is 20.8 Å². The number of nitrogens with one attached hydrogen (secondary N) is 1. The van der Waals surface area contributed by atoms with Crippen LogP contribution in [0.5, 0.6) is 11.5 Å². The molecule has 2 saturated carbocycles. The molecule has 0 amide bonds. The fourth-order valence-corrected chi connectivity index (χ4v) is 4.72. The third-order valence-corrected chi connectivity index (χ3v) is 5.81. The van der Waals surface area contributed by atoms with Crippen LogP contribution >= 0.6 is 15.9 Å². The van der Waals surface area contributed by atoms with Crippen LogP contribution in [0, 0.1) is 17.8 Å². The second-order valence-corrected chi connectivity index (χ2v) is 6.95. The average Bonchev–Trinajstić information content (AvgIpc) is 2.95. The van der Waals surface area contributed by atoms with E-state index in [1.165, 1.54) is 24.8 Å². The molecular formula is C17H24BrNO2. The monoisotopic (exact) mass is 353 g/mol. The van der Waals surface area contributed by atoms with Crippen LogP contribution in [-0.2, 0) is 0 Å². The van der Waals surface area contributed by atoms with Gasteiger partial charge >= 0.3 is 0 Å². The molecule has 1 aromatic rings. The Labute approximate surface area is 135 Å². The van der Waals surface area contributed by atoms with Crippen LogP contribution in [0.4, 0.5) is 0 Å². The highest BCUT2D eigenvalue weighted by Crippen LogP contribution is 2.62. The second-order valence-electron chi connectivity index (χ2n) is 6.10. The van der Waals surface area contributed by atoms with E-state index < -0.39 is 0 Å². The Morgan fingerprint density at radius 1 is 1.19 bits per heavy atom. The summed E-state index contributed by atoms with van der Waals surface area (Å²) in [5.74, 6) is 4.22. The Kier molecular flexibility index (Phi) is 4.46. The number of benzene rings is 1. The second kappa shape index (κ2) is 6.17.